The molecule has 0 saturated heterocycles. The number of aliphatic carboxylic acids is 1. The van der Waals surface area contributed by atoms with Crippen molar-refractivity contribution in [3.8, 4) is 0 Å². The lowest BCUT2D eigenvalue weighted by molar-refractivity contribution is -0.442. The molecule has 0 aromatic rings. The van der Waals surface area contributed by atoms with Gasteiger partial charge in [0.2, 0.25) is 0 Å². The third kappa shape index (κ3) is 2.53. The standard InChI is InChI=1S/C8H2F14O2/c9-1(10)4(11,12)6(15,16)5(13,14)3(2(23)24,7(17,18)19)8(20,21)22/h1H,(H,23,24). The van der Waals surface area contributed by atoms with Crippen molar-refractivity contribution in [3.05, 3.63) is 0 Å². The Morgan fingerprint density at radius 2 is 0.958 bits per heavy atom. The predicted molar refractivity (Wildman–Crippen MR) is 43.0 cm³/mol. The number of alkyl halides is 14. The van der Waals surface area contributed by atoms with Crippen LogP contribution in [0.2, 0.25) is 0 Å². The van der Waals surface area contributed by atoms with Gasteiger partial charge in [0, 0.05) is 0 Å². The Morgan fingerprint density at radius 1 is 0.667 bits per heavy atom. The van der Waals surface area contributed by atoms with Crippen LogP contribution in [-0.4, -0.2) is 47.6 Å². The Hall–Kier alpha value is -1.51. The normalized spacial score (nSPS) is 15.8. The Bertz CT molecular complexity index is 472. The van der Waals surface area contributed by atoms with Gasteiger partial charge in [0.1, 0.15) is 0 Å². The van der Waals surface area contributed by atoms with E-state index in [-0.39, 0.29) is 0 Å². The third-order valence-electron chi connectivity index (χ3n) is 2.73. The van der Waals surface area contributed by atoms with E-state index in [2.05, 4.69) is 0 Å². The molecule has 0 amide bonds. The van der Waals surface area contributed by atoms with Crippen molar-refractivity contribution in [2.75, 3.05) is 0 Å². The molecule has 0 unspecified atom stereocenters. The van der Waals surface area contributed by atoms with Gasteiger partial charge in [0.05, 0.1) is 0 Å². The quantitative estimate of drug-likeness (QED) is 0.702. The number of carboxylic acid groups (broad SMARTS) is 1. The van der Waals surface area contributed by atoms with Crippen LogP contribution >= 0.6 is 0 Å². The van der Waals surface area contributed by atoms with Crippen molar-refractivity contribution < 1.29 is 71.4 Å². The maximum absolute atomic E-state index is 13.2. The molecule has 24 heavy (non-hydrogen) atoms. The van der Waals surface area contributed by atoms with E-state index in [9.17, 15) is 66.3 Å². The summed E-state index contributed by atoms with van der Waals surface area (Å²) in [6.45, 7) is 0. The molecule has 0 atom stereocenters. The summed E-state index contributed by atoms with van der Waals surface area (Å²) < 4.78 is 175. The summed E-state index contributed by atoms with van der Waals surface area (Å²) in [7, 11) is 0. The van der Waals surface area contributed by atoms with Crippen molar-refractivity contribution in [1.29, 1.82) is 0 Å². The first kappa shape index (κ1) is 22.5. The topological polar surface area (TPSA) is 37.3 Å². The minimum atomic E-state index is -8.25. The highest BCUT2D eigenvalue weighted by atomic mass is 19.4. The average Bonchev–Trinajstić information content (AvgIpc) is 2.22. The summed E-state index contributed by atoms with van der Waals surface area (Å²) in [6.07, 6.45) is -21.5. The molecule has 1 N–H and O–H groups in total. The van der Waals surface area contributed by atoms with E-state index >= 15 is 0 Å². The van der Waals surface area contributed by atoms with Crippen LogP contribution in [0, 0.1) is 5.41 Å². The molecule has 0 aliphatic heterocycles. The molecule has 2 nitrogen and oxygen atoms in total. The predicted octanol–water partition coefficient (Wildman–Crippen LogP) is 4.35. The van der Waals surface area contributed by atoms with Crippen LogP contribution in [0.4, 0.5) is 61.5 Å². The van der Waals surface area contributed by atoms with Gasteiger partial charge in [0.25, 0.3) is 0 Å². The van der Waals surface area contributed by atoms with E-state index < -0.39 is 47.9 Å². The van der Waals surface area contributed by atoms with Crippen molar-refractivity contribution in [2.24, 2.45) is 5.41 Å². The van der Waals surface area contributed by atoms with E-state index in [0.717, 1.165) is 0 Å². The first-order chi connectivity index (χ1) is 10.1. The van der Waals surface area contributed by atoms with Gasteiger partial charge in [-0.2, -0.15) is 52.7 Å². The van der Waals surface area contributed by atoms with Gasteiger partial charge in [-0.15, -0.1) is 0 Å². The zero-order valence-corrected chi connectivity index (χ0v) is 10.2. The van der Waals surface area contributed by atoms with Crippen molar-refractivity contribution in [2.45, 2.75) is 36.5 Å². The zero-order chi connectivity index (χ0) is 20.2. The lowest BCUT2D eigenvalue weighted by atomic mass is 9.75. The summed E-state index contributed by atoms with van der Waals surface area (Å²) in [5.41, 5.74) is -7.78. The Kier molecular flexibility index (Phi) is 5.16. The zero-order valence-electron chi connectivity index (χ0n) is 10.2. The fraction of sp³-hybridized carbons (Fsp3) is 0.875. The Balaban J connectivity index is 7.02. The monoisotopic (exact) mass is 396 g/mol. The first-order valence-corrected chi connectivity index (χ1v) is 4.92. The van der Waals surface area contributed by atoms with Crippen LogP contribution in [0.1, 0.15) is 0 Å². The van der Waals surface area contributed by atoms with Crippen LogP contribution in [-0.2, 0) is 4.79 Å². The summed E-state index contributed by atoms with van der Waals surface area (Å²) in [5.74, 6) is -28.5. The van der Waals surface area contributed by atoms with Gasteiger partial charge in [-0.05, 0) is 0 Å². The van der Waals surface area contributed by atoms with Crippen molar-refractivity contribution in [1.82, 2.24) is 0 Å². The summed E-state index contributed by atoms with van der Waals surface area (Å²) in [5, 5.41) is 7.91. The molecule has 0 fully saturated rings. The highest BCUT2D eigenvalue weighted by Crippen LogP contribution is 2.65. The van der Waals surface area contributed by atoms with E-state index in [1.165, 1.54) is 0 Å². The summed E-state index contributed by atoms with van der Waals surface area (Å²) in [6, 6.07) is 0. The second-order valence-corrected chi connectivity index (χ2v) is 4.12. The van der Waals surface area contributed by atoms with E-state index in [0.29, 0.717) is 0 Å². The maximum atomic E-state index is 13.2. The number of carbonyl (C=O) groups is 1. The summed E-state index contributed by atoms with van der Waals surface area (Å²) >= 11 is 0. The van der Waals surface area contributed by atoms with Crippen LogP contribution in [0.5, 0.6) is 0 Å². The Labute approximate surface area is 121 Å². The minimum Gasteiger partial charge on any atom is -0.480 e. The largest absolute Gasteiger partial charge is 0.480 e. The molecule has 0 aliphatic rings. The van der Waals surface area contributed by atoms with Crippen molar-refractivity contribution in [3.63, 3.8) is 0 Å². The Morgan fingerprint density at radius 3 is 1.12 bits per heavy atom. The average molecular weight is 396 g/mol. The lowest BCUT2D eigenvalue weighted by Crippen LogP contribution is -2.74. The van der Waals surface area contributed by atoms with Gasteiger partial charge in [-0.3, -0.25) is 4.79 Å². The molecule has 0 bridgehead atoms. The molecule has 0 radical (unpaired) electrons. The van der Waals surface area contributed by atoms with E-state index in [1.54, 1.807) is 0 Å². The van der Waals surface area contributed by atoms with Crippen LogP contribution in [0.3, 0.4) is 0 Å². The van der Waals surface area contributed by atoms with Crippen LogP contribution < -0.4 is 0 Å². The molecule has 0 spiro atoms. The second-order valence-electron chi connectivity index (χ2n) is 4.12. The number of rotatable bonds is 5. The van der Waals surface area contributed by atoms with Crippen LogP contribution in [0.15, 0.2) is 0 Å². The summed E-state index contributed by atoms with van der Waals surface area (Å²) in [4.78, 5) is 10.2. The fourth-order valence-corrected chi connectivity index (χ4v) is 1.48. The smallest absolute Gasteiger partial charge is 0.420 e. The molecule has 0 aromatic carbocycles. The molecular formula is C8H2F14O2. The minimum absolute atomic E-state index is 4.74. The molecule has 144 valence electrons. The SMILES string of the molecule is O=C(O)C(C(F)(F)F)(C(F)(F)F)C(F)(F)C(F)(F)C(F)(F)C(F)F. The van der Waals surface area contributed by atoms with Gasteiger partial charge >= 0.3 is 47.9 Å². The van der Waals surface area contributed by atoms with Crippen molar-refractivity contribution >= 4 is 5.97 Å². The third-order valence-corrected chi connectivity index (χ3v) is 2.73. The molecule has 0 saturated carbocycles. The van der Waals surface area contributed by atoms with Gasteiger partial charge in [-0.25, -0.2) is 8.78 Å². The lowest BCUT2D eigenvalue weighted by Gasteiger charge is -2.43. The number of carboxylic acids is 1. The molecule has 0 aliphatic carbocycles. The van der Waals surface area contributed by atoms with E-state index in [1.807, 2.05) is 0 Å². The number of hydrogen-bond acceptors (Lipinski definition) is 1. The first-order valence-electron chi connectivity index (χ1n) is 4.92. The molecule has 0 rings (SSSR count). The van der Waals surface area contributed by atoms with Gasteiger partial charge < -0.3 is 5.11 Å². The second kappa shape index (κ2) is 5.50. The van der Waals surface area contributed by atoms with Crippen LogP contribution in [0.25, 0.3) is 0 Å². The fourth-order valence-electron chi connectivity index (χ4n) is 1.48. The molecule has 16 heteroatoms. The van der Waals surface area contributed by atoms with E-state index in [4.69, 9.17) is 5.11 Å². The highest BCUT2D eigenvalue weighted by molar-refractivity contribution is 5.79. The number of hydrogen-bond donors (Lipinski definition) is 1. The molecule has 0 aromatic heterocycles. The molecule has 0 heterocycles. The molecular weight excluding hydrogens is 394 g/mol. The number of halogens is 14. The van der Waals surface area contributed by atoms with Gasteiger partial charge in [-0.1, -0.05) is 0 Å². The van der Waals surface area contributed by atoms with Gasteiger partial charge in [0.15, 0.2) is 0 Å². The maximum Gasteiger partial charge on any atom is 0.420 e. The highest BCUT2D eigenvalue weighted by Gasteiger charge is 2.96.